The standard InChI is InChI=1S/C14H19N3O3S/c15-11-3-1-2-4-12(11)16-13(18)9-21-10-14(19)17-5-7-20-8-6-17/h1-4H,5-10,15H2,(H,16,18). The minimum absolute atomic E-state index is 0.0512. The van der Waals surface area contributed by atoms with Crippen LogP contribution in [0, 0.1) is 0 Å². The van der Waals surface area contributed by atoms with Crippen molar-refractivity contribution in [2.75, 3.05) is 48.9 Å². The number of carbonyl (C=O) groups excluding carboxylic acids is 2. The van der Waals surface area contributed by atoms with Crippen LogP contribution in [0.2, 0.25) is 0 Å². The number of nitrogens with two attached hydrogens (primary N) is 1. The highest BCUT2D eigenvalue weighted by Crippen LogP contribution is 2.17. The highest BCUT2D eigenvalue weighted by atomic mass is 32.2. The Morgan fingerprint density at radius 2 is 1.95 bits per heavy atom. The number of morpholine rings is 1. The molecule has 1 fully saturated rings. The van der Waals surface area contributed by atoms with E-state index >= 15 is 0 Å². The van der Waals surface area contributed by atoms with E-state index in [0.717, 1.165) is 0 Å². The van der Waals surface area contributed by atoms with Crippen LogP contribution >= 0.6 is 11.8 Å². The molecule has 1 aromatic rings. The minimum Gasteiger partial charge on any atom is -0.397 e. The van der Waals surface area contributed by atoms with Crippen LogP contribution in [0.15, 0.2) is 24.3 Å². The maximum atomic E-state index is 11.9. The van der Waals surface area contributed by atoms with Crippen LogP contribution in [0.25, 0.3) is 0 Å². The molecule has 7 heteroatoms. The molecule has 3 N–H and O–H groups in total. The van der Waals surface area contributed by atoms with Crippen molar-refractivity contribution in [2.24, 2.45) is 0 Å². The van der Waals surface area contributed by atoms with Gasteiger partial charge in [-0.2, -0.15) is 0 Å². The largest absolute Gasteiger partial charge is 0.397 e. The Labute approximate surface area is 128 Å². The molecule has 0 unspecified atom stereocenters. The number of thioether (sulfide) groups is 1. The highest BCUT2D eigenvalue weighted by molar-refractivity contribution is 8.00. The van der Waals surface area contributed by atoms with Gasteiger partial charge < -0.3 is 20.7 Å². The molecule has 0 saturated carbocycles. The molecule has 2 amide bonds. The Morgan fingerprint density at radius 3 is 2.67 bits per heavy atom. The second kappa shape index (κ2) is 7.90. The van der Waals surface area contributed by atoms with Gasteiger partial charge in [0.15, 0.2) is 0 Å². The summed E-state index contributed by atoms with van der Waals surface area (Å²) in [6, 6.07) is 7.09. The average Bonchev–Trinajstić information content (AvgIpc) is 2.50. The van der Waals surface area contributed by atoms with E-state index < -0.39 is 0 Å². The first-order chi connectivity index (χ1) is 10.2. The first kappa shape index (κ1) is 15.7. The zero-order valence-electron chi connectivity index (χ0n) is 11.7. The van der Waals surface area contributed by atoms with Crippen molar-refractivity contribution in [3.05, 3.63) is 24.3 Å². The predicted molar refractivity (Wildman–Crippen MR) is 84.2 cm³/mol. The summed E-state index contributed by atoms with van der Waals surface area (Å²) in [5.74, 6) is 0.422. The maximum absolute atomic E-state index is 11.9. The maximum Gasteiger partial charge on any atom is 0.234 e. The number of amides is 2. The zero-order valence-corrected chi connectivity index (χ0v) is 12.5. The number of rotatable bonds is 5. The summed E-state index contributed by atoms with van der Waals surface area (Å²) in [7, 11) is 0. The van der Waals surface area contributed by atoms with Crippen LogP contribution in [0.3, 0.4) is 0 Å². The summed E-state index contributed by atoms with van der Waals surface area (Å²) in [4.78, 5) is 25.4. The quantitative estimate of drug-likeness (QED) is 0.786. The van der Waals surface area contributed by atoms with Gasteiger partial charge in [0, 0.05) is 13.1 Å². The van der Waals surface area contributed by atoms with Crippen molar-refractivity contribution in [3.63, 3.8) is 0 Å². The third kappa shape index (κ3) is 4.95. The van der Waals surface area contributed by atoms with Crippen LogP contribution in [0.5, 0.6) is 0 Å². The number of hydrogen-bond acceptors (Lipinski definition) is 5. The van der Waals surface area contributed by atoms with Gasteiger partial charge in [-0.3, -0.25) is 9.59 Å². The SMILES string of the molecule is Nc1ccccc1NC(=O)CSCC(=O)N1CCOCC1. The third-order valence-corrected chi connectivity index (χ3v) is 3.97. The number of nitrogens with one attached hydrogen (secondary N) is 1. The molecule has 1 aliphatic rings. The molecule has 21 heavy (non-hydrogen) atoms. The highest BCUT2D eigenvalue weighted by Gasteiger charge is 2.17. The number of ether oxygens (including phenoxy) is 1. The van der Waals surface area contributed by atoms with Crippen LogP contribution in [-0.2, 0) is 14.3 Å². The van der Waals surface area contributed by atoms with Crippen LogP contribution < -0.4 is 11.1 Å². The lowest BCUT2D eigenvalue weighted by molar-refractivity contribution is -0.132. The molecule has 0 aliphatic carbocycles. The second-order valence-corrected chi connectivity index (χ2v) is 5.61. The first-order valence-corrected chi connectivity index (χ1v) is 7.90. The molecule has 0 bridgehead atoms. The summed E-state index contributed by atoms with van der Waals surface area (Å²) in [6.45, 7) is 2.44. The molecule has 0 radical (unpaired) electrons. The van der Waals surface area contributed by atoms with Gasteiger partial charge >= 0.3 is 0 Å². The Kier molecular flexibility index (Phi) is 5.89. The number of para-hydroxylation sites is 2. The fourth-order valence-corrected chi connectivity index (χ4v) is 2.65. The molecule has 2 rings (SSSR count). The Bertz CT molecular complexity index is 504. The molecule has 6 nitrogen and oxygen atoms in total. The molecule has 1 aliphatic heterocycles. The summed E-state index contributed by atoms with van der Waals surface area (Å²) in [5.41, 5.74) is 6.88. The van der Waals surface area contributed by atoms with Gasteiger partial charge in [0.05, 0.1) is 36.1 Å². The number of anilines is 2. The summed E-state index contributed by atoms with van der Waals surface area (Å²) in [5, 5.41) is 2.73. The molecule has 0 spiro atoms. The molecule has 1 saturated heterocycles. The first-order valence-electron chi connectivity index (χ1n) is 6.74. The van der Waals surface area contributed by atoms with Crippen LogP contribution in [-0.4, -0.2) is 54.5 Å². The van der Waals surface area contributed by atoms with Crippen molar-refractivity contribution in [3.8, 4) is 0 Å². The molecule has 1 heterocycles. The molecule has 1 aromatic carbocycles. The van der Waals surface area contributed by atoms with E-state index in [0.29, 0.717) is 43.4 Å². The van der Waals surface area contributed by atoms with Gasteiger partial charge in [0.2, 0.25) is 11.8 Å². The number of nitrogen functional groups attached to an aromatic ring is 1. The summed E-state index contributed by atoms with van der Waals surface area (Å²) in [6.07, 6.45) is 0. The van der Waals surface area contributed by atoms with Crippen molar-refractivity contribution >= 4 is 35.0 Å². The molecular weight excluding hydrogens is 290 g/mol. The van der Waals surface area contributed by atoms with E-state index in [1.54, 1.807) is 29.2 Å². The van der Waals surface area contributed by atoms with Gasteiger partial charge in [-0.05, 0) is 12.1 Å². The van der Waals surface area contributed by atoms with Gasteiger partial charge in [0.25, 0.3) is 0 Å². The Hall–Kier alpha value is -1.73. The van der Waals surface area contributed by atoms with Crippen LogP contribution in [0.1, 0.15) is 0 Å². The lowest BCUT2D eigenvalue weighted by Crippen LogP contribution is -2.41. The van der Waals surface area contributed by atoms with Crippen molar-refractivity contribution in [1.82, 2.24) is 4.90 Å². The number of benzene rings is 1. The van der Waals surface area contributed by atoms with E-state index in [9.17, 15) is 9.59 Å². The monoisotopic (exact) mass is 309 g/mol. The van der Waals surface area contributed by atoms with Crippen LogP contribution in [0.4, 0.5) is 11.4 Å². The summed E-state index contributed by atoms with van der Waals surface area (Å²) < 4.78 is 5.19. The Balaban J connectivity index is 1.69. The lowest BCUT2D eigenvalue weighted by atomic mass is 10.3. The van der Waals surface area contributed by atoms with Gasteiger partial charge in [-0.15, -0.1) is 11.8 Å². The second-order valence-electron chi connectivity index (χ2n) is 4.62. The number of nitrogens with zero attached hydrogens (tertiary/aromatic N) is 1. The Morgan fingerprint density at radius 1 is 1.24 bits per heavy atom. The topological polar surface area (TPSA) is 84.7 Å². The molecule has 0 atom stereocenters. The van der Waals surface area contributed by atoms with Crippen molar-refractivity contribution in [2.45, 2.75) is 0 Å². The van der Waals surface area contributed by atoms with E-state index in [1.165, 1.54) is 11.8 Å². The smallest absolute Gasteiger partial charge is 0.234 e. The summed E-state index contributed by atoms with van der Waals surface area (Å²) >= 11 is 1.30. The minimum atomic E-state index is -0.160. The predicted octanol–water partition coefficient (Wildman–Crippen LogP) is 0.799. The molecular formula is C14H19N3O3S. The molecule has 114 valence electrons. The third-order valence-electron chi connectivity index (χ3n) is 3.06. The fourth-order valence-electron chi connectivity index (χ4n) is 1.93. The lowest BCUT2D eigenvalue weighted by Gasteiger charge is -2.26. The van der Waals surface area contributed by atoms with E-state index in [1.807, 2.05) is 0 Å². The van der Waals surface area contributed by atoms with Crippen molar-refractivity contribution < 1.29 is 14.3 Å². The van der Waals surface area contributed by atoms with Gasteiger partial charge in [0.1, 0.15) is 0 Å². The zero-order chi connectivity index (χ0) is 15.1. The van der Waals surface area contributed by atoms with E-state index in [4.69, 9.17) is 10.5 Å². The normalized spacial score (nSPS) is 14.8. The average molecular weight is 309 g/mol. The number of carbonyl (C=O) groups is 2. The number of hydrogen-bond donors (Lipinski definition) is 2. The van der Waals surface area contributed by atoms with E-state index in [2.05, 4.69) is 5.32 Å². The van der Waals surface area contributed by atoms with Gasteiger partial charge in [-0.1, -0.05) is 12.1 Å². The van der Waals surface area contributed by atoms with Crippen molar-refractivity contribution in [1.29, 1.82) is 0 Å². The van der Waals surface area contributed by atoms with E-state index in [-0.39, 0.29) is 17.6 Å². The van der Waals surface area contributed by atoms with Gasteiger partial charge in [-0.25, -0.2) is 0 Å². The fraction of sp³-hybridized carbons (Fsp3) is 0.429. The molecule has 0 aromatic heterocycles.